The van der Waals surface area contributed by atoms with Gasteiger partial charge in [0.1, 0.15) is 11.5 Å². The number of likely N-dealkylation sites (tertiary alicyclic amines) is 1. The molecule has 2 aliphatic rings. The highest BCUT2D eigenvalue weighted by Gasteiger charge is 2.32. The zero-order valence-corrected chi connectivity index (χ0v) is 17.4. The summed E-state index contributed by atoms with van der Waals surface area (Å²) in [5.74, 6) is -0.0314. The quantitative estimate of drug-likeness (QED) is 0.679. The maximum absolute atomic E-state index is 13.0. The largest absolute Gasteiger partial charge is 0.573 e. The van der Waals surface area contributed by atoms with Crippen molar-refractivity contribution in [2.24, 2.45) is 5.92 Å². The molecule has 1 unspecified atom stereocenters. The van der Waals surface area contributed by atoms with Gasteiger partial charge in [-0.15, -0.1) is 13.2 Å². The van der Waals surface area contributed by atoms with Crippen molar-refractivity contribution in [2.75, 3.05) is 25.0 Å². The number of halogens is 3. The SMILES string of the molecule is CC(c1ccc(OC(F)(F)F)cc1)N1CCC(C(=O)c2ccc3c(c2)NC(=O)CO3)CC1. The fourth-order valence-corrected chi connectivity index (χ4v) is 4.18. The summed E-state index contributed by atoms with van der Waals surface area (Å²) in [4.78, 5) is 26.7. The Morgan fingerprint density at radius 3 is 2.50 bits per heavy atom. The summed E-state index contributed by atoms with van der Waals surface area (Å²) >= 11 is 0. The number of carbonyl (C=O) groups is 2. The van der Waals surface area contributed by atoms with Gasteiger partial charge in [-0.25, -0.2) is 0 Å². The molecule has 1 amide bonds. The number of rotatable bonds is 5. The first-order valence-corrected chi connectivity index (χ1v) is 10.4. The molecular weight excluding hydrogens is 425 g/mol. The second kappa shape index (κ2) is 8.82. The van der Waals surface area contributed by atoms with E-state index in [1.54, 1.807) is 30.3 Å². The van der Waals surface area contributed by atoms with E-state index in [1.807, 2.05) is 6.92 Å². The van der Waals surface area contributed by atoms with Crippen LogP contribution in [0.1, 0.15) is 41.7 Å². The second-order valence-electron chi connectivity index (χ2n) is 8.02. The van der Waals surface area contributed by atoms with Crippen LogP contribution < -0.4 is 14.8 Å². The van der Waals surface area contributed by atoms with Gasteiger partial charge in [-0.05, 0) is 68.8 Å². The Hall–Kier alpha value is -3.07. The number of hydrogen-bond acceptors (Lipinski definition) is 5. The molecule has 0 spiro atoms. The van der Waals surface area contributed by atoms with Crippen LogP contribution in [-0.4, -0.2) is 42.6 Å². The zero-order valence-electron chi connectivity index (χ0n) is 17.4. The van der Waals surface area contributed by atoms with Crippen LogP contribution in [0.3, 0.4) is 0 Å². The third kappa shape index (κ3) is 5.04. The predicted molar refractivity (Wildman–Crippen MR) is 111 cm³/mol. The molecular formula is C23H23F3N2O4. The molecule has 4 rings (SSSR count). The van der Waals surface area contributed by atoms with E-state index in [0.717, 1.165) is 5.56 Å². The summed E-state index contributed by atoms with van der Waals surface area (Å²) in [6.07, 6.45) is -3.35. The summed E-state index contributed by atoms with van der Waals surface area (Å²) in [6.45, 7) is 3.36. The summed E-state index contributed by atoms with van der Waals surface area (Å²) in [5, 5.41) is 2.72. The summed E-state index contributed by atoms with van der Waals surface area (Å²) < 4.78 is 46.3. The molecule has 2 heterocycles. The van der Waals surface area contributed by atoms with Gasteiger partial charge in [-0.3, -0.25) is 14.5 Å². The lowest BCUT2D eigenvalue weighted by molar-refractivity contribution is -0.274. The number of piperidine rings is 1. The Kier molecular flexibility index (Phi) is 6.10. The molecule has 32 heavy (non-hydrogen) atoms. The molecule has 1 N–H and O–H groups in total. The molecule has 2 aromatic rings. The van der Waals surface area contributed by atoms with Gasteiger partial charge in [0.2, 0.25) is 0 Å². The Balaban J connectivity index is 1.35. The molecule has 2 aromatic carbocycles. The highest BCUT2D eigenvalue weighted by molar-refractivity contribution is 6.01. The maximum Gasteiger partial charge on any atom is 0.573 e. The number of carbonyl (C=O) groups excluding carboxylic acids is 2. The molecule has 0 aliphatic carbocycles. The predicted octanol–water partition coefficient (Wildman–Crippen LogP) is 4.57. The van der Waals surface area contributed by atoms with E-state index in [-0.39, 0.29) is 36.0 Å². The highest BCUT2D eigenvalue weighted by atomic mass is 19.4. The van der Waals surface area contributed by atoms with Crippen molar-refractivity contribution in [3.05, 3.63) is 53.6 Å². The van der Waals surface area contributed by atoms with E-state index in [2.05, 4.69) is 15.0 Å². The topological polar surface area (TPSA) is 67.9 Å². The lowest BCUT2D eigenvalue weighted by atomic mass is 9.87. The fraction of sp³-hybridized carbons (Fsp3) is 0.391. The number of amides is 1. The molecule has 9 heteroatoms. The number of ether oxygens (including phenoxy) is 2. The number of Topliss-reactive ketones (excluding diaryl/α,β-unsaturated/α-hetero) is 1. The van der Waals surface area contributed by atoms with E-state index in [9.17, 15) is 22.8 Å². The van der Waals surface area contributed by atoms with Gasteiger partial charge in [0.25, 0.3) is 5.91 Å². The van der Waals surface area contributed by atoms with Crippen LogP contribution in [0, 0.1) is 5.92 Å². The number of ketones is 1. The lowest BCUT2D eigenvalue weighted by Crippen LogP contribution is -2.38. The van der Waals surface area contributed by atoms with Gasteiger partial charge >= 0.3 is 6.36 Å². The minimum absolute atomic E-state index is 0.00194. The molecule has 0 saturated carbocycles. The van der Waals surface area contributed by atoms with Crippen molar-refractivity contribution in [3.63, 3.8) is 0 Å². The number of fused-ring (bicyclic) bond motifs is 1. The molecule has 1 atom stereocenters. The molecule has 0 aromatic heterocycles. The van der Waals surface area contributed by atoms with Crippen molar-refractivity contribution < 1.29 is 32.2 Å². The number of anilines is 1. The van der Waals surface area contributed by atoms with Crippen LogP contribution >= 0.6 is 0 Å². The van der Waals surface area contributed by atoms with Crippen molar-refractivity contribution >= 4 is 17.4 Å². The van der Waals surface area contributed by atoms with Crippen LogP contribution in [0.15, 0.2) is 42.5 Å². The van der Waals surface area contributed by atoms with Gasteiger partial charge in [0.05, 0.1) is 5.69 Å². The van der Waals surface area contributed by atoms with E-state index >= 15 is 0 Å². The van der Waals surface area contributed by atoms with Crippen molar-refractivity contribution in [1.82, 2.24) is 4.90 Å². The molecule has 0 radical (unpaired) electrons. The van der Waals surface area contributed by atoms with E-state index in [0.29, 0.717) is 42.9 Å². The second-order valence-corrected chi connectivity index (χ2v) is 8.02. The van der Waals surface area contributed by atoms with Crippen LogP contribution in [0.5, 0.6) is 11.5 Å². The fourth-order valence-electron chi connectivity index (χ4n) is 4.18. The number of benzene rings is 2. The first kappa shape index (κ1) is 22.1. The molecule has 0 bridgehead atoms. The van der Waals surface area contributed by atoms with Gasteiger partial charge < -0.3 is 14.8 Å². The Bertz CT molecular complexity index is 999. The average Bonchev–Trinajstić information content (AvgIpc) is 2.77. The monoisotopic (exact) mass is 448 g/mol. The molecule has 1 saturated heterocycles. The zero-order chi connectivity index (χ0) is 22.9. The van der Waals surface area contributed by atoms with Crippen LogP contribution in [0.4, 0.5) is 18.9 Å². The number of nitrogens with zero attached hydrogens (tertiary/aromatic N) is 1. The minimum Gasteiger partial charge on any atom is -0.482 e. The number of alkyl halides is 3. The number of hydrogen-bond donors (Lipinski definition) is 1. The average molecular weight is 448 g/mol. The van der Waals surface area contributed by atoms with Gasteiger partial charge in [0, 0.05) is 17.5 Å². The van der Waals surface area contributed by atoms with E-state index in [4.69, 9.17) is 4.74 Å². The van der Waals surface area contributed by atoms with Crippen molar-refractivity contribution in [2.45, 2.75) is 32.2 Å². The van der Waals surface area contributed by atoms with Gasteiger partial charge in [0.15, 0.2) is 12.4 Å². The van der Waals surface area contributed by atoms with Crippen molar-refractivity contribution in [1.29, 1.82) is 0 Å². The lowest BCUT2D eigenvalue weighted by Gasteiger charge is -2.36. The molecule has 6 nitrogen and oxygen atoms in total. The Labute approximate surface area is 183 Å². The normalized spacial score (nSPS) is 18.3. The third-order valence-corrected chi connectivity index (χ3v) is 5.94. The van der Waals surface area contributed by atoms with E-state index < -0.39 is 6.36 Å². The highest BCUT2D eigenvalue weighted by Crippen LogP contribution is 2.33. The third-order valence-electron chi connectivity index (χ3n) is 5.94. The molecule has 2 aliphatic heterocycles. The Morgan fingerprint density at radius 1 is 1.16 bits per heavy atom. The first-order valence-electron chi connectivity index (χ1n) is 10.4. The van der Waals surface area contributed by atoms with E-state index in [1.165, 1.54) is 12.1 Å². The maximum atomic E-state index is 13.0. The summed E-state index contributed by atoms with van der Waals surface area (Å²) in [7, 11) is 0. The summed E-state index contributed by atoms with van der Waals surface area (Å²) in [6, 6.07) is 11.0. The summed E-state index contributed by atoms with van der Waals surface area (Å²) in [5.41, 5.74) is 1.94. The minimum atomic E-state index is -4.71. The van der Waals surface area contributed by atoms with Crippen LogP contribution in [-0.2, 0) is 4.79 Å². The standard InChI is InChI=1S/C23H23F3N2O4/c1-14(15-2-5-18(6-3-15)32-23(24,25)26)28-10-8-16(9-11-28)22(30)17-4-7-20-19(12-17)27-21(29)13-31-20/h2-7,12,14,16H,8-11,13H2,1H3,(H,27,29). The van der Waals surface area contributed by atoms with Crippen molar-refractivity contribution in [3.8, 4) is 11.5 Å². The first-order chi connectivity index (χ1) is 15.2. The van der Waals surface area contributed by atoms with Crippen LogP contribution in [0.25, 0.3) is 0 Å². The number of nitrogens with one attached hydrogen (secondary N) is 1. The molecule has 1 fully saturated rings. The Morgan fingerprint density at radius 2 is 1.84 bits per heavy atom. The van der Waals surface area contributed by atoms with Crippen LogP contribution in [0.2, 0.25) is 0 Å². The molecule has 170 valence electrons. The smallest absolute Gasteiger partial charge is 0.482 e. The van der Waals surface area contributed by atoms with Gasteiger partial charge in [-0.1, -0.05) is 12.1 Å². The van der Waals surface area contributed by atoms with Gasteiger partial charge in [-0.2, -0.15) is 0 Å².